The molecule has 1 saturated heterocycles. The summed E-state index contributed by atoms with van der Waals surface area (Å²) in [6, 6.07) is 11.5. The third-order valence-corrected chi connectivity index (χ3v) is 6.95. The fourth-order valence-electron chi connectivity index (χ4n) is 3.32. The lowest BCUT2D eigenvalue weighted by molar-refractivity contribution is -0.933. The Balaban J connectivity index is 1.67. The van der Waals surface area contributed by atoms with Gasteiger partial charge in [-0.25, -0.2) is 12.8 Å². The van der Waals surface area contributed by atoms with Crippen LogP contribution in [0.1, 0.15) is 18.5 Å². The number of rotatable bonds is 5. The van der Waals surface area contributed by atoms with Crippen molar-refractivity contribution >= 4 is 15.7 Å². The van der Waals surface area contributed by atoms with E-state index in [0.717, 1.165) is 5.56 Å². The molecule has 2 aromatic carbocycles. The summed E-state index contributed by atoms with van der Waals surface area (Å²) >= 11 is 0. The molecule has 27 heavy (non-hydrogen) atoms. The number of hydrogen-bond donors (Lipinski definition) is 1. The molecule has 1 aliphatic rings. The van der Waals surface area contributed by atoms with E-state index in [0.29, 0.717) is 26.2 Å². The molecule has 0 saturated carbocycles. The summed E-state index contributed by atoms with van der Waals surface area (Å²) in [6.45, 7) is 4.03. The summed E-state index contributed by atoms with van der Waals surface area (Å²) in [5.74, 6) is -0.278. The van der Waals surface area contributed by atoms with Crippen molar-refractivity contribution in [3.8, 4) is 0 Å². The molecular weight excluding hydrogens is 373 g/mol. The van der Waals surface area contributed by atoms with E-state index < -0.39 is 14.9 Å². The van der Waals surface area contributed by atoms with Crippen LogP contribution in [0.4, 0.5) is 10.1 Å². The van der Waals surface area contributed by atoms with Gasteiger partial charge in [0, 0.05) is 17.7 Å². The molecule has 144 valence electrons. The topological polar surface area (TPSA) is 85.0 Å². The maximum atomic E-state index is 13.1. The van der Waals surface area contributed by atoms with Gasteiger partial charge in [-0.05, 0) is 31.2 Å². The number of nitrogens with one attached hydrogen (secondary N) is 1. The molecule has 0 unspecified atom stereocenters. The highest BCUT2D eigenvalue weighted by Crippen LogP contribution is 2.20. The van der Waals surface area contributed by atoms with Crippen LogP contribution in [0, 0.1) is 15.9 Å². The number of nitro groups is 1. The first-order valence-electron chi connectivity index (χ1n) is 8.63. The molecule has 1 aliphatic heterocycles. The van der Waals surface area contributed by atoms with Gasteiger partial charge in [-0.15, -0.1) is 0 Å². The standard InChI is InChI=1S/C18H20FN3O4S/c1-14(15-2-4-16(19)5-3-15)20-10-12-21(13-11-20)27(25,26)18-8-6-17(7-9-18)22(23)24/h2-9,14H,10-13H2,1H3/p+1/t14-/m0/s1. The Labute approximate surface area is 157 Å². The van der Waals surface area contributed by atoms with E-state index in [1.54, 1.807) is 12.1 Å². The molecule has 0 amide bonds. The number of sulfonamides is 1. The zero-order valence-corrected chi connectivity index (χ0v) is 15.7. The number of piperazine rings is 1. The van der Waals surface area contributed by atoms with Crippen LogP contribution in [0.25, 0.3) is 0 Å². The maximum Gasteiger partial charge on any atom is 0.269 e. The van der Waals surface area contributed by atoms with Crippen molar-refractivity contribution in [2.45, 2.75) is 17.9 Å². The Kier molecular flexibility index (Phi) is 5.54. The van der Waals surface area contributed by atoms with Crippen LogP contribution in [-0.2, 0) is 10.0 Å². The van der Waals surface area contributed by atoms with Gasteiger partial charge in [0.05, 0.1) is 36.0 Å². The predicted octanol–water partition coefficient (Wildman–Crippen LogP) is 1.38. The molecule has 9 heteroatoms. The molecule has 1 N–H and O–H groups in total. The Morgan fingerprint density at radius 1 is 1.07 bits per heavy atom. The molecule has 7 nitrogen and oxygen atoms in total. The Morgan fingerprint density at radius 3 is 2.15 bits per heavy atom. The van der Waals surface area contributed by atoms with Crippen LogP contribution < -0.4 is 4.90 Å². The first-order valence-corrected chi connectivity index (χ1v) is 10.1. The minimum atomic E-state index is -3.68. The molecule has 0 radical (unpaired) electrons. The van der Waals surface area contributed by atoms with E-state index >= 15 is 0 Å². The predicted molar refractivity (Wildman–Crippen MR) is 97.4 cm³/mol. The van der Waals surface area contributed by atoms with Gasteiger partial charge in [0.15, 0.2) is 0 Å². The lowest BCUT2D eigenvalue weighted by atomic mass is 10.1. The second-order valence-electron chi connectivity index (χ2n) is 6.59. The second-order valence-corrected chi connectivity index (χ2v) is 8.52. The maximum absolute atomic E-state index is 13.1. The molecule has 0 aromatic heterocycles. The average Bonchev–Trinajstić information content (AvgIpc) is 2.68. The Morgan fingerprint density at radius 2 is 1.63 bits per heavy atom. The quantitative estimate of drug-likeness (QED) is 0.613. The highest BCUT2D eigenvalue weighted by Gasteiger charge is 2.32. The number of nitro benzene ring substituents is 1. The largest absolute Gasteiger partial charge is 0.327 e. The summed E-state index contributed by atoms with van der Waals surface area (Å²) in [5, 5.41) is 10.7. The number of quaternary nitrogens is 1. The van der Waals surface area contributed by atoms with Crippen molar-refractivity contribution in [1.82, 2.24) is 4.31 Å². The first kappa shape index (κ1) is 19.4. The van der Waals surface area contributed by atoms with Crippen LogP contribution in [0.5, 0.6) is 0 Å². The lowest BCUT2D eigenvalue weighted by Crippen LogP contribution is -3.14. The summed E-state index contributed by atoms with van der Waals surface area (Å²) < 4.78 is 40.0. The van der Waals surface area contributed by atoms with E-state index in [-0.39, 0.29) is 22.4 Å². The third kappa shape index (κ3) is 4.15. The molecule has 1 heterocycles. The molecule has 1 fully saturated rings. The fraction of sp³-hybridized carbons (Fsp3) is 0.333. The van der Waals surface area contributed by atoms with Crippen LogP contribution in [0.2, 0.25) is 0 Å². The number of nitrogens with zero attached hydrogens (tertiary/aromatic N) is 2. The Bertz CT molecular complexity index is 909. The highest BCUT2D eigenvalue weighted by atomic mass is 32.2. The minimum absolute atomic E-state index is 0.0585. The van der Waals surface area contributed by atoms with Crippen molar-refractivity contribution in [2.24, 2.45) is 0 Å². The number of halogens is 1. The molecule has 1 atom stereocenters. The van der Waals surface area contributed by atoms with E-state index in [1.807, 2.05) is 6.92 Å². The van der Waals surface area contributed by atoms with Gasteiger partial charge in [0.1, 0.15) is 11.9 Å². The molecule has 2 aromatic rings. The molecular formula is C18H21FN3O4S+. The molecule has 3 rings (SSSR count). The van der Waals surface area contributed by atoms with Crippen molar-refractivity contribution in [3.05, 3.63) is 70.0 Å². The monoisotopic (exact) mass is 394 g/mol. The van der Waals surface area contributed by atoms with Gasteiger partial charge < -0.3 is 4.90 Å². The van der Waals surface area contributed by atoms with E-state index in [4.69, 9.17) is 0 Å². The zero-order chi connectivity index (χ0) is 19.6. The van der Waals surface area contributed by atoms with Gasteiger partial charge in [-0.2, -0.15) is 4.31 Å². The summed E-state index contributed by atoms with van der Waals surface area (Å²) in [6.07, 6.45) is 0. The van der Waals surface area contributed by atoms with Gasteiger partial charge in [0.2, 0.25) is 10.0 Å². The summed E-state index contributed by atoms with van der Waals surface area (Å²) in [4.78, 5) is 11.5. The van der Waals surface area contributed by atoms with E-state index in [2.05, 4.69) is 0 Å². The van der Waals surface area contributed by atoms with E-state index in [1.165, 1.54) is 45.6 Å². The van der Waals surface area contributed by atoms with Gasteiger partial charge >= 0.3 is 0 Å². The smallest absolute Gasteiger partial charge is 0.269 e. The Hall–Kier alpha value is -2.36. The number of non-ortho nitro benzene ring substituents is 1. The average molecular weight is 394 g/mol. The highest BCUT2D eigenvalue weighted by molar-refractivity contribution is 7.89. The van der Waals surface area contributed by atoms with Crippen LogP contribution in [-0.4, -0.2) is 43.8 Å². The van der Waals surface area contributed by atoms with E-state index in [9.17, 15) is 22.9 Å². The summed E-state index contributed by atoms with van der Waals surface area (Å²) in [5.41, 5.74) is 0.870. The van der Waals surface area contributed by atoms with Crippen molar-refractivity contribution < 1.29 is 22.6 Å². The molecule has 0 aliphatic carbocycles. The summed E-state index contributed by atoms with van der Waals surface area (Å²) in [7, 11) is -3.68. The SMILES string of the molecule is C[C@@H](c1ccc(F)cc1)[NH+]1CCN(S(=O)(=O)c2ccc([N+](=O)[O-])cc2)CC1. The number of benzene rings is 2. The lowest BCUT2D eigenvalue weighted by Gasteiger charge is -2.35. The molecule has 0 bridgehead atoms. The van der Waals surface area contributed by atoms with Gasteiger partial charge in [-0.3, -0.25) is 10.1 Å². The van der Waals surface area contributed by atoms with Crippen LogP contribution in [0.3, 0.4) is 0 Å². The normalized spacial score (nSPS) is 17.6. The first-order chi connectivity index (χ1) is 12.8. The van der Waals surface area contributed by atoms with Crippen LogP contribution in [0.15, 0.2) is 53.4 Å². The fourth-order valence-corrected chi connectivity index (χ4v) is 4.76. The van der Waals surface area contributed by atoms with Crippen molar-refractivity contribution in [3.63, 3.8) is 0 Å². The van der Waals surface area contributed by atoms with Crippen molar-refractivity contribution in [1.29, 1.82) is 0 Å². The van der Waals surface area contributed by atoms with Gasteiger partial charge in [0.25, 0.3) is 5.69 Å². The third-order valence-electron chi connectivity index (χ3n) is 5.03. The number of hydrogen-bond acceptors (Lipinski definition) is 4. The minimum Gasteiger partial charge on any atom is -0.327 e. The van der Waals surface area contributed by atoms with Gasteiger partial charge in [-0.1, -0.05) is 12.1 Å². The zero-order valence-electron chi connectivity index (χ0n) is 14.8. The van der Waals surface area contributed by atoms with Crippen molar-refractivity contribution in [2.75, 3.05) is 26.2 Å². The second kappa shape index (κ2) is 7.71. The molecule has 0 spiro atoms. The van der Waals surface area contributed by atoms with Crippen LogP contribution >= 0.6 is 0 Å².